The number of nitrogens with one attached hydrogen (secondary N) is 1. The van der Waals surface area contributed by atoms with Gasteiger partial charge in [-0.3, -0.25) is 9.69 Å². The third kappa shape index (κ3) is 5.56. The third-order valence-electron chi connectivity index (χ3n) is 4.97. The molecule has 1 heterocycles. The van der Waals surface area contributed by atoms with Crippen LogP contribution in [0.4, 0.5) is 0 Å². The number of hydrogen-bond acceptors (Lipinski definition) is 4. The molecule has 1 atom stereocenters. The quantitative estimate of drug-likeness (QED) is 0.778. The highest BCUT2D eigenvalue weighted by molar-refractivity contribution is 6.31. The Bertz CT molecular complexity index is 826. The fourth-order valence-corrected chi connectivity index (χ4v) is 3.63. The van der Waals surface area contributed by atoms with Gasteiger partial charge < -0.3 is 10.1 Å². The summed E-state index contributed by atoms with van der Waals surface area (Å²) < 4.78 is 5.46. The van der Waals surface area contributed by atoms with E-state index in [2.05, 4.69) is 16.3 Å². The molecule has 1 fully saturated rings. The molecule has 1 amide bonds. The number of aryl methyl sites for hydroxylation is 1. The summed E-state index contributed by atoms with van der Waals surface area (Å²) in [7, 11) is 0. The molecule has 146 valence electrons. The molecule has 0 bridgehead atoms. The number of amides is 1. The average Bonchev–Trinajstić information content (AvgIpc) is 2.74. The second-order valence-corrected chi connectivity index (χ2v) is 7.21. The van der Waals surface area contributed by atoms with Crippen molar-refractivity contribution in [2.75, 3.05) is 32.8 Å². The van der Waals surface area contributed by atoms with Gasteiger partial charge in [0.15, 0.2) is 0 Å². The van der Waals surface area contributed by atoms with E-state index in [1.165, 1.54) is 0 Å². The molecule has 1 aliphatic rings. The summed E-state index contributed by atoms with van der Waals surface area (Å²) in [5.41, 5.74) is 2.70. The highest BCUT2D eigenvalue weighted by Gasteiger charge is 2.24. The minimum absolute atomic E-state index is 0.00896. The maximum Gasteiger partial charge on any atom is 0.220 e. The van der Waals surface area contributed by atoms with E-state index in [1.54, 1.807) is 12.1 Å². The van der Waals surface area contributed by atoms with Crippen molar-refractivity contribution in [3.63, 3.8) is 0 Å². The first-order chi connectivity index (χ1) is 13.7. The second-order valence-electron chi connectivity index (χ2n) is 6.80. The van der Waals surface area contributed by atoms with E-state index in [0.717, 1.165) is 24.2 Å². The molecule has 1 aliphatic heterocycles. The van der Waals surface area contributed by atoms with Crippen LogP contribution in [0.2, 0.25) is 5.02 Å². The van der Waals surface area contributed by atoms with Crippen LogP contribution in [-0.4, -0.2) is 43.7 Å². The van der Waals surface area contributed by atoms with Gasteiger partial charge in [-0.2, -0.15) is 5.26 Å². The molecule has 2 aromatic carbocycles. The summed E-state index contributed by atoms with van der Waals surface area (Å²) in [6.07, 6.45) is 1.05. The topological polar surface area (TPSA) is 65.4 Å². The number of nitriles is 1. The lowest BCUT2D eigenvalue weighted by molar-refractivity contribution is -0.121. The monoisotopic (exact) mass is 397 g/mol. The van der Waals surface area contributed by atoms with E-state index in [4.69, 9.17) is 21.6 Å². The zero-order chi connectivity index (χ0) is 19.8. The second kappa shape index (κ2) is 10.2. The number of benzene rings is 2. The number of ether oxygens (including phenoxy) is 1. The van der Waals surface area contributed by atoms with Gasteiger partial charge in [0.05, 0.1) is 30.9 Å². The van der Waals surface area contributed by atoms with E-state index >= 15 is 0 Å². The predicted octanol–water partition coefficient (Wildman–Crippen LogP) is 3.33. The third-order valence-corrected chi connectivity index (χ3v) is 5.31. The standard InChI is InChI=1S/C22H24ClN3O2/c23-20-4-2-1-3-19(20)21(26-11-13-28-14-12-26)16-25-22(27)10-9-17-5-7-18(15-24)8-6-17/h1-8,21H,9-14,16H2,(H,25,27). The Labute approximate surface area is 170 Å². The van der Waals surface area contributed by atoms with Crippen LogP contribution < -0.4 is 5.32 Å². The predicted molar refractivity (Wildman–Crippen MR) is 109 cm³/mol. The van der Waals surface area contributed by atoms with Gasteiger partial charge in [-0.05, 0) is 35.7 Å². The summed E-state index contributed by atoms with van der Waals surface area (Å²) in [5, 5.41) is 12.6. The molecule has 6 heteroatoms. The molecule has 0 spiro atoms. The number of hydrogen-bond donors (Lipinski definition) is 1. The van der Waals surface area contributed by atoms with Gasteiger partial charge in [0, 0.05) is 31.1 Å². The van der Waals surface area contributed by atoms with Gasteiger partial charge >= 0.3 is 0 Å². The van der Waals surface area contributed by atoms with Crippen molar-refractivity contribution in [2.45, 2.75) is 18.9 Å². The van der Waals surface area contributed by atoms with Crippen molar-refractivity contribution in [1.29, 1.82) is 5.26 Å². The Balaban J connectivity index is 1.58. The zero-order valence-corrected chi connectivity index (χ0v) is 16.5. The molecular formula is C22H24ClN3O2. The van der Waals surface area contributed by atoms with E-state index in [-0.39, 0.29) is 11.9 Å². The molecule has 2 aromatic rings. The van der Waals surface area contributed by atoms with Crippen LogP contribution in [0.5, 0.6) is 0 Å². The minimum Gasteiger partial charge on any atom is -0.379 e. The summed E-state index contributed by atoms with van der Waals surface area (Å²) in [6.45, 7) is 3.52. The van der Waals surface area contributed by atoms with Crippen LogP contribution in [0.3, 0.4) is 0 Å². The smallest absolute Gasteiger partial charge is 0.220 e. The van der Waals surface area contributed by atoms with Crippen LogP contribution in [-0.2, 0) is 16.0 Å². The van der Waals surface area contributed by atoms with Gasteiger partial charge in [0.1, 0.15) is 0 Å². The molecule has 1 saturated heterocycles. The van der Waals surface area contributed by atoms with Gasteiger partial charge in [-0.25, -0.2) is 0 Å². The fraction of sp³-hybridized carbons (Fsp3) is 0.364. The normalized spacial score (nSPS) is 15.6. The van der Waals surface area contributed by atoms with Crippen LogP contribution in [0.25, 0.3) is 0 Å². The van der Waals surface area contributed by atoms with E-state index < -0.39 is 0 Å². The van der Waals surface area contributed by atoms with Gasteiger partial charge in [-0.1, -0.05) is 41.9 Å². The number of morpholine rings is 1. The van der Waals surface area contributed by atoms with Gasteiger partial charge in [0.25, 0.3) is 0 Å². The van der Waals surface area contributed by atoms with Gasteiger partial charge in [-0.15, -0.1) is 0 Å². The van der Waals surface area contributed by atoms with Crippen molar-refractivity contribution in [3.8, 4) is 6.07 Å². The Morgan fingerprint density at radius 1 is 1.18 bits per heavy atom. The molecule has 0 saturated carbocycles. The Morgan fingerprint density at radius 2 is 1.89 bits per heavy atom. The molecular weight excluding hydrogens is 374 g/mol. The largest absolute Gasteiger partial charge is 0.379 e. The zero-order valence-electron chi connectivity index (χ0n) is 15.7. The highest BCUT2D eigenvalue weighted by atomic mass is 35.5. The van der Waals surface area contributed by atoms with Crippen molar-refractivity contribution in [1.82, 2.24) is 10.2 Å². The van der Waals surface area contributed by atoms with Crippen LogP contribution in [0.1, 0.15) is 29.2 Å². The molecule has 3 rings (SSSR count). The Kier molecular flexibility index (Phi) is 7.44. The first-order valence-electron chi connectivity index (χ1n) is 9.49. The Morgan fingerprint density at radius 3 is 2.57 bits per heavy atom. The molecule has 1 N–H and O–H groups in total. The highest BCUT2D eigenvalue weighted by Crippen LogP contribution is 2.27. The fourth-order valence-electron chi connectivity index (χ4n) is 3.37. The number of rotatable bonds is 7. The average molecular weight is 398 g/mol. The SMILES string of the molecule is N#Cc1ccc(CCC(=O)NCC(c2ccccc2Cl)N2CCOCC2)cc1. The first kappa shape index (κ1) is 20.3. The molecule has 1 unspecified atom stereocenters. The summed E-state index contributed by atoms with van der Waals surface area (Å²) in [5.74, 6) is 0.00896. The maximum absolute atomic E-state index is 12.4. The summed E-state index contributed by atoms with van der Waals surface area (Å²) >= 11 is 6.43. The lowest BCUT2D eigenvalue weighted by atomic mass is 10.0. The Hall–Kier alpha value is -2.39. The number of nitrogens with zero attached hydrogens (tertiary/aromatic N) is 2. The maximum atomic E-state index is 12.4. The molecule has 0 aliphatic carbocycles. The summed E-state index contributed by atoms with van der Waals surface area (Å²) in [6, 6.07) is 17.3. The van der Waals surface area contributed by atoms with Crippen LogP contribution in [0.15, 0.2) is 48.5 Å². The minimum atomic E-state index is 0.00896. The molecule has 5 nitrogen and oxygen atoms in total. The molecule has 0 aromatic heterocycles. The number of carbonyl (C=O) groups excluding carboxylic acids is 1. The lowest BCUT2D eigenvalue weighted by Gasteiger charge is -2.35. The molecule has 28 heavy (non-hydrogen) atoms. The van der Waals surface area contributed by atoms with Gasteiger partial charge in [0.2, 0.25) is 5.91 Å². The van der Waals surface area contributed by atoms with Crippen molar-refractivity contribution >= 4 is 17.5 Å². The van der Waals surface area contributed by atoms with Crippen LogP contribution in [0, 0.1) is 11.3 Å². The lowest BCUT2D eigenvalue weighted by Crippen LogP contribution is -2.44. The first-order valence-corrected chi connectivity index (χ1v) is 9.87. The van der Waals surface area contributed by atoms with Crippen molar-refractivity contribution in [2.24, 2.45) is 0 Å². The number of halogens is 1. The van der Waals surface area contributed by atoms with E-state index in [0.29, 0.717) is 43.2 Å². The molecule has 0 radical (unpaired) electrons. The van der Waals surface area contributed by atoms with Crippen molar-refractivity contribution < 1.29 is 9.53 Å². The summed E-state index contributed by atoms with van der Waals surface area (Å²) in [4.78, 5) is 14.7. The van der Waals surface area contributed by atoms with E-state index in [1.807, 2.05) is 36.4 Å². The number of carbonyl (C=O) groups is 1. The van der Waals surface area contributed by atoms with Crippen LogP contribution >= 0.6 is 11.6 Å². The van der Waals surface area contributed by atoms with E-state index in [9.17, 15) is 4.79 Å². The van der Waals surface area contributed by atoms with Crippen molar-refractivity contribution in [3.05, 3.63) is 70.2 Å².